The van der Waals surface area contributed by atoms with Crippen LogP contribution in [0.5, 0.6) is 0 Å². The molecule has 0 radical (unpaired) electrons. The molecule has 2 aromatic heterocycles. The van der Waals surface area contributed by atoms with Crippen molar-refractivity contribution in [1.29, 1.82) is 0 Å². The molecule has 0 unspecified atom stereocenters. The smallest absolute Gasteiger partial charge is 0.134 e. The van der Waals surface area contributed by atoms with Crippen LogP contribution in [0, 0.1) is 13.8 Å². The van der Waals surface area contributed by atoms with Gasteiger partial charge in [-0.1, -0.05) is 15.9 Å². The number of pyridine rings is 1. The molecule has 0 saturated heterocycles. The molecule has 5 nitrogen and oxygen atoms in total. The Balaban J connectivity index is 1.98. The van der Waals surface area contributed by atoms with Crippen LogP contribution in [-0.4, -0.2) is 14.8 Å². The first-order chi connectivity index (χ1) is 10.5. The molecule has 2 heterocycles. The van der Waals surface area contributed by atoms with Gasteiger partial charge in [-0.2, -0.15) is 5.10 Å². The van der Waals surface area contributed by atoms with Gasteiger partial charge in [0.05, 0.1) is 5.69 Å². The fourth-order valence-electron chi connectivity index (χ4n) is 2.66. The molecule has 0 bridgehead atoms. The molecule has 0 amide bonds. The highest BCUT2D eigenvalue weighted by atomic mass is 79.9. The number of nitrogen functional groups attached to an aromatic ring is 1. The second kappa shape index (κ2) is 5.61. The third-order valence-electron chi connectivity index (χ3n) is 3.97. The van der Waals surface area contributed by atoms with E-state index in [1.165, 1.54) is 5.56 Å². The fourth-order valence-corrected chi connectivity index (χ4v) is 3.14. The molecule has 3 rings (SSSR count). The number of benzene rings is 1. The number of halogens is 1. The van der Waals surface area contributed by atoms with Crippen LogP contribution in [0.1, 0.15) is 17.0 Å². The molecule has 0 fully saturated rings. The normalized spacial score (nSPS) is 11.1. The van der Waals surface area contributed by atoms with E-state index in [-0.39, 0.29) is 0 Å². The zero-order chi connectivity index (χ0) is 15.9. The molecular formula is C16H18BrN5. The SMILES string of the molecule is Cc1nn(C)c(C)c1CNc1nccc2c(N)cc(Br)cc12. The van der Waals surface area contributed by atoms with E-state index in [1.807, 2.05) is 36.9 Å². The third kappa shape index (κ3) is 2.54. The second-order valence-electron chi connectivity index (χ2n) is 5.38. The van der Waals surface area contributed by atoms with Gasteiger partial charge >= 0.3 is 0 Å². The lowest BCUT2D eigenvalue weighted by molar-refractivity contribution is 0.730. The fraction of sp³-hybridized carbons (Fsp3) is 0.250. The van der Waals surface area contributed by atoms with E-state index < -0.39 is 0 Å². The zero-order valence-corrected chi connectivity index (χ0v) is 14.4. The van der Waals surface area contributed by atoms with E-state index in [0.717, 1.165) is 38.1 Å². The summed E-state index contributed by atoms with van der Waals surface area (Å²) in [5, 5.41) is 9.86. The van der Waals surface area contributed by atoms with Gasteiger partial charge in [-0.15, -0.1) is 0 Å². The Hall–Kier alpha value is -2.08. The largest absolute Gasteiger partial charge is 0.398 e. The van der Waals surface area contributed by atoms with E-state index in [0.29, 0.717) is 6.54 Å². The summed E-state index contributed by atoms with van der Waals surface area (Å²) in [6, 6.07) is 5.87. The maximum absolute atomic E-state index is 6.09. The zero-order valence-electron chi connectivity index (χ0n) is 12.8. The first-order valence-corrected chi connectivity index (χ1v) is 7.83. The Morgan fingerprint density at radius 1 is 1.27 bits per heavy atom. The van der Waals surface area contributed by atoms with Crippen molar-refractivity contribution in [2.24, 2.45) is 7.05 Å². The standard InChI is InChI=1S/C16H18BrN5/c1-9-14(10(2)22(3)21-9)8-20-16-13-6-11(17)7-15(18)12(13)4-5-19-16/h4-7H,8,18H2,1-3H3,(H,19,20). The van der Waals surface area contributed by atoms with E-state index >= 15 is 0 Å². The van der Waals surface area contributed by atoms with Crippen LogP contribution in [0.15, 0.2) is 28.9 Å². The van der Waals surface area contributed by atoms with Gasteiger partial charge in [0, 0.05) is 52.0 Å². The quantitative estimate of drug-likeness (QED) is 0.701. The van der Waals surface area contributed by atoms with Gasteiger partial charge < -0.3 is 11.1 Å². The Kier molecular flexibility index (Phi) is 3.78. The van der Waals surface area contributed by atoms with Gasteiger partial charge in [-0.05, 0) is 32.0 Å². The molecule has 22 heavy (non-hydrogen) atoms. The summed E-state index contributed by atoms with van der Waals surface area (Å²) >= 11 is 3.49. The first-order valence-electron chi connectivity index (χ1n) is 7.04. The summed E-state index contributed by atoms with van der Waals surface area (Å²) in [5.41, 5.74) is 10.2. The average molecular weight is 360 g/mol. The Morgan fingerprint density at radius 2 is 2.05 bits per heavy atom. The molecule has 0 saturated carbocycles. The predicted octanol–water partition coefficient (Wildman–Crippen LogP) is 3.54. The van der Waals surface area contributed by atoms with E-state index in [9.17, 15) is 0 Å². The van der Waals surface area contributed by atoms with Crippen molar-refractivity contribution in [3.8, 4) is 0 Å². The molecule has 114 valence electrons. The van der Waals surface area contributed by atoms with Crippen molar-refractivity contribution >= 4 is 38.2 Å². The van der Waals surface area contributed by atoms with Crippen molar-refractivity contribution in [2.45, 2.75) is 20.4 Å². The Bertz CT molecular complexity index is 853. The van der Waals surface area contributed by atoms with Crippen LogP contribution in [0.4, 0.5) is 11.5 Å². The molecule has 0 aliphatic heterocycles. The lowest BCUT2D eigenvalue weighted by Crippen LogP contribution is -2.04. The number of anilines is 2. The lowest BCUT2D eigenvalue weighted by atomic mass is 10.1. The molecule has 0 atom stereocenters. The van der Waals surface area contributed by atoms with Gasteiger partial charge in [0.25, 0.3) is 0 Å². The topological polar surface area (TPSA) is 68.8 Å². The third-order valence-corrected chi connectivity index (χ3v) is 4.43. The minimum absolute atomic E-state index is 0.685. The van der Waals surface area contributed by atoms with Gasteiger partial charge in [0.2, 0.25) is 0 Å². The highest BCUT2D eigenvalue weighted by Crippen LogP contribution is 2.30. The van der Waals surface area contributed by atoms with E-state index in [2.05, 4.69) is 38.3 Å². The van der Waals surface area contributed by atoms with Crippen LogP contribution in [0.2, 0.25) is 0 Å². The lowest BCUT2D eigenvalue weighted by Gasteiger charge is -2.11. The number of hydrogen-bond acceptors (Lipinski definition) is 4. The van der Waals surface area contributed by atoms with Crippen molar-refractivity contribution in [3.63, 3.8) is 0 Å². The molecule has 3 N–H and O–H groups in total. The van der Waals surface area contributed by atoms with Crippen LogP contribution >= 0.6 is 15.9 Å². The number of rotatable bonds is 3. The number of nitrogens with two attached hydrogens (primary N) is 1. The van der Waals surface area contributed by atoms with Crippen LogP contribution in [0.25, 0.3) is 10.8 Å². The maximum atomic E-state index is 6.09. The average Bonchev–Trinajstić information content (AvgIpc) is 2.70. The summed E-state index contributed by atoms with van der Waals surface area (Å²) in [5.74, 6) is 0.827. The van der Waals surface area contributed by atoms with Crippen molar-refractivity contribution in [2.75, 3.05) is 11.1 Å². The monoisotopic (exact) mass is 359 g/mol. The van der Waals surface area contributed by atoms with Gasteiger partial charge in [-0.25, -0.2) is 4.98 Å². The molecule has 0 aliphatic carbocycles. The Labute approximate surface area is 137 Å². The molecule has 1 aromatic carbocycles. The molecule has 0 aliphatic rings. The Morgan fingerprint density at radius 3 is 2.73 bits per heavy atom. The summed E-state index contributed by atoms with van der Waals surface area (Å²) in [7, 11) is 1.96. The van der Waals surface area contributed by atoms with Crippen molar-refractivity contribution in [3.05, 3.63) is 45.8 Å². The number of fused-ring (bicyclic) bond motifs is 1. The van der Waals surface area contributed by atoms with Crippen molar-refractivity contribution < 1.29 is 0 Å². The number of hydrogen-bond donors (Lipinski definition) is 2. The summed E-state index contributed by atoms with van der Waals surface area (Å²) in [6.45, 7) is 4.78. The number of aryl methyl sites for hydroxylation is 2. The van der Waals surface area contributed by atoms with Crippen LogP contribution in [0.3, 0.4) is 0 Å². The maximum Gasteiger partial charge on any atom is 0.134 e. The number of nitrogens with zero attached hydrogens (tertiary/aromatic N) is 3. The van der Waals surface area contributed by atoms with E-state index in [4.69, 9.17) is 5.73 Å². The minimum atomic E-state index is 0.685. The first kappa shape index (κ1) is 14.8. The summed E-state index contributed by atoms with van der Waals surface area (Å²) in [4.78, 5) is 4.46. The van der Waals surface area contributed by atoms with Crippen LogP contribution < -0.4 is 11.1 Å². The van der Waals surface area contributed by atoms with E-state index in [1.54, 1.807) is 6.20 Å². The minimum Gasteiger partial charge on any atom is -0.398 e. The molecule has 3 aromatic rings. The number of nitrogens with one attached hydrogen (secondary N) is 1. The second-order valence-corrected chi connectivity index (χ2v) is 6.29. The van der Waals surface area contributed by atoms with Gasteiger partial charge in [0.1, 0.15) is 5.82 Å². The highest BCUT2D eigenvalue weighted by molar-refractivity contribution is 9.10. The number of aromatic nitrogens is 3. The molecular weight excluding hydrogens is 342 g/mol. The highest BCUT2D eigenvalue weighted by Gasteiger charge is 2.11. The predicted molar refractivity (Wildman–Crippen MR) is 93.9 cm³/mol. The summed E-state index contributed by atoms with van der Waals surface area (Å²) in [6.07, 6.45) is 1.78. The van der Waals surface area contributed by atoms with Crippen LogP contribution in [-0.2, 0) is 13.6 Å². The van der Waals surface area contributed by atoms with Gasteiger partial charge in [0.15, 0.2) is 0 Å². The van der Waals surface area contributed by atoms with Crippen molar-refractivity contribution in [1.82, 2.24) is 14.8 Å². The molecule has 6 heteroatoms. The summed E-state index contributed by atoms with van der Waals surface area (Å²) < 4.78 is 2.85. The molecule has 0 spiro atoms. The van der Waals surface area contributed by atoms with Gasteiger partial charge in [-0.3, -0.25) is 4.68 Å².